The number of aryl methyl sites for hydroxylation is 2. The van der Waals surface area contributed by atoms with Crippen LogP contribution in [0.2, 0.25) is 0 Å². The number of carbonyl (C=O) groups is 2. The number of halogens is 1. The molecule has 25 heavy (non-hydrogen) atoms. The van der Waals surface area contributed by atoms with Crippen LogP contribution in [0.1, 0.15) is 36.2 Å². The number of aromatic nitrogens is 2. The molecule has 1 aromatic carbocycles. The number of amides is 2. The second-order valence-electron chi connectivity index (χ2n) is 6.26. The van der Waals surface area contributed by atoms with Crippen LogP contribution in [-0.4, -0.2) is 40.5 Å². The van der Waals surface area contributed by atoms with Crippen molar-refractivity contribution < 1.29 is 14.0 Å². The van der Waals surface area contributed by atoms with Crippen molar-refractivity contribution >= 4 is 17.5 Å². The molecular formula is C18H23FN4O2. The summed E-state index contributed by atoms with van der Waals surface area (Å²) in [5.74, 6) is -0.937. The summed E-state index contributed by atoms with van der Waals surface area (Å²) in [6.45, 7) is 5.69. The van der Waals surface area contributed by atoms with Gasteiger partial charge in [0.25, 0.3) is 0 Å². The minimum atomic E-state index is -0.429. The van der Waals surface area contributed by atoms with Crippen molar-refractivity contribution in [3.8, 4) is 0 Å². The molecule has 0 unspecified atom stereocenters. The molecule has 2 amide bonds. The molecule has 0 fully saturated rings. The van der Waals surface area contributed by atoms with Gasteiger partial charge in [-0.15, -0.1) is 0 Å². The van der Waals surface area contributed by atoms with Crippen LogP contribution in [0.5, 0.6) is 0 Å². The quantitative estimate of drug-likeness (QED) is 0.844. The van der Waals surface area contributed by atoms with Gasteiger partial charge in [-0.1, -0.05) is 13.0 Å². The van der Waals surface area contributed by atoms with Gasteiger partial charge in [0.2, 0.25) is 11.8 Å². The van der Waals surface area contributed by atoms with E-state index in [9.17, 15) is 14.0 Å². The van der Waals surface area contributed by atoms with Crippen LogP contribution in [0.15, 0.2) is 24.3 Å². The first-order valence-electron chi connectivity index (χ1n) is 8.08. The first-order chi connectivity index (χ1) is 11.8. The van der Waals surface area contributed by atoms with Crippen molar-refractivity contribution in [2.24, 2.45) is 0 Å². The van der Waals surface area contributed by atoms with Gasteiger partial charge in [0.1, 0.15) is 5.82 Å². The smallest absolute Gasteiger partial charge is 0.243 e. The summed E-state index contributed by atoms with van der Waals surface area (Å²) in [5, 5.41) is 9.64. The lowest BCUT2D eigenvalue weighted by Gasteiger charge is -2.19. The average molecular weight is 346 g/mol. The molecule has 2 aromatic rings. The first kappa shape index (κ1) is 18.6. The Morgan fingerprint density at radius 3 is 2.68 bits per heavy atom. The highest BCUT2D eigenvalue weighted by Gasteiger charge is 2.20. The van der Waals surface area contributed by atoms with Gasteiger partial charge < -0.3 is 10.2 Å². The van der Waals surface area contributed by atoms with Gasteiger partial charge in [0.05, 0.1) is 12.2 Å². The summed E-state index contributed by atoms with van der Waals surface area (Å²) < 4.78 is 13.1. The second-order valence-corrected chi connectivity index (χ2v) is 6.26. The molecule has 0 spiro atoms. The van der Waals surface area contributed by atoms with E-state index in [4.69, 9.17) is 0 Å². The van der Waals surface area contributed by atoms with Crippen molar-refractivity contribution in [3.63, 3.8) is 0 Å². The monoisotopic (exact) mass is 346 g/mol. The van der Waals surface area contributed by atoms with Gasteiger partial charge in [-0.25, -0.2) is 4.39 Å². The molecular weight excluding hydrogens is 323 g/mol. The summed E-state index contributed by atoms with van der Waals surface area (Å²) >= 11 is 0. The molecule has 0 aliphatic heterocycles. The van der Waals surface area contributed by atoms with Crippen LogP contribution in [0.3, 0.4) is 0 Å². The van der Waals surface area contributed by atoms with Gasteiger partial charge in [-0.2, -0.15) is 5.10 Å². The fourth-order valence-corrected chi connectivity index (χ4v) is 2.88. The zero-order valence-corrected chi connectivity index (χ0v) is 14.9. The number of aromatic amines is 1. The lowest BCUT2D eigenvalue weighted by atomic mass is 9.95. The summed E-state index contributed by atoms with van der Waals surface area (Å²) in [4.78, 5) is 25.8. The normalized spacial score (nSPS) is 11.9. The molecule has 134 valence electrons. The first-order valence-corrected chi connectivity index (χ1v) is 8.08. The van der Waals surface area contributed by atoms with Crippen molar-refractivity contribution in [2.75, 3.05) is 18.9 Å². The van der Waals surface area contributed by atoms with Crippen molar-refractivity contribution in [3.05, 3.63) is 47.0 Å². The van der Waals surface area contributed by atoms with E-state index < -0.39 is 5.82 Å². The summed E-state index contributed by atoms with van der Waals surface area (Å²) in [6, 6.07) is 5.63. The van der Waals surface area contributed by atoms with E-state index >= 15 is 0 Å². The Labute approximate surface area is 146 Å². The molecule has 6 nitrogen and oxygen atoms in total. The van der Waals surface area contributed by atoms with Crippen LogP contribution in [-0.2, 0) is 9.59 Å². The number of nitrogens with zero attached hydrogens (tertiary/aromatic N) is 2. The Kier molecular flexibility index (Phi) is 5.90. The molecule has 0 aliphatic carbocycles. The average Bonchev–Trinajstić information content (AvgIpc) is 2.85. The van der Waals surface area contributed by atoms with Gasteiger partial charge >= 0.3 is 0 Å². The Morgan fingerprint density at radius 2 is 2.08 bits per heavy atom. The highest BCUT2D eigenvalue weighted by Crippen LogP contribution is 2.24. The molecule has 7 heteroatoms. The Balaban J connectivity index is 1.90. The summed E-state index contributed by atoms with van der Waals surface area (Å²) in [6.07, 6.45) is 0.283. The molecule has 0 saturated carbocycles. The fourth-order valence-electron chi connectivity index (χ4n) is 2.88. The van der Waals surface area contributed by atoms with Crippen molar-refractivity contribution in [1.82, 2.24) is 15.1 Å². The SMILES string of the molecule is Cc1n[nH]c(C)c1[C@H](C)CC(=O)N(C)CC(=O)Nc1cccc(F)c1. The third-order valence-electron chi connectivity index (χ3n) is 4.07. The standard InChI is InChI=1S/C18H23FN4O2/c1-11(18-12(2)21-22-13(18)3)8-17(25)23(4)10-16(24)20-15-7-5-6-14(19)9-15/h5-7,9,11H,8,10H2,1-4H3,(H,20,24)(H,21,22)/t11-/m1/s1. The topological polar surface area (TPSA) is 78.1 Å². The van der Waals surface area contributed by atoms with Gasteiger partial charge in [0.15, 0.2) is 0 Å². The number of likely N-dealkylation sites (N-methyl/N-ethyl adjacent to an activating group) is 1. The van der Waals surface area contributed by atoms with Crippen LogP contribution < -0.4 is 5.32 Å². The Hall–Kier alpha value is -2.70. The maximum absolute atomic E-state index is 13.1. The minimum absolute atomic E-state index is 0.0000181. The molecule has 0 bridgehead atoms. The largest absolute Gasteiger partial charge is 0.336 e. The van der Waals surface area contributed by atoms with E-state index in [2.05, 4.69) is 15.5 Å². The second kappa shape index (κ2) is 7.92. The predicted octanol–water partition coefficient (Wildman–Crippen LogP) is 2.76. The van der Waals surface area contributed by atoms with Crippen molar-refractivity contribution in [1.29, 1.82) is 0 Å². The van der Waals surface area contributed by atoms with E-state index in [1.165, 1.54) is 23.1 Å². The van der Waals surface area contributed by atoms with Gasteiger partial charge in [-0.3, -0.25) is 14.7 Å². The summed E-state index contributed by atoms with van der Waals surface area (Å²) in [5.41, 5.74) is 3.23. The van der Waals surface area contributed by atoms with Crippen LogP contribution in [0.4, 0.5) is 10.1 Å². The van der Waals surface area contributed by atoms with Crippen molar-refractivity contribution in [2.45, 2.75) is 33.1 Å². The van der Waals surface area contributed by atoms with Crippen LogP contribution in [0.25, 0.3) is 0 Å². The molecule has 2 rings (SSSR count). The molecule has 0 aliphatic rings. The van der Waals surface area contributed by atoms with Gasteiger partial charge in [0, 0.05) is 24.8 Å². The number of carbonyl (C=O) groups excluding carboxylic acids is 2. The Bertz CT molecular complexity index is 753. The van der Waals surface area contributed by atoms with Crippen LogP contribution >= 0.6 is 0 Å². The number of benzene rings is 1. The third kappa shape index (κ3) is 4.89. The van der Waals surface area contributed by atoms with E-state index in [0.29, 0.717) is 5.69 Å². The van der Waals surface area contributed by atoms with Gasteiger partial charge in [-0.05, 0) is 43.5 Å². The number of hydrogen-bond acceptors (Lipinski definition) is 3. The summed E-state index contributed by atoms with van der Waals surface area (Å²) in [7, 11) is 1.58. The van der Waals surface area contributed by atoms with Crippen LogP contribution in [0, 0.1) is 19.7 Å². The molecule has 1 atom stereocenters. The Morgan fingerprint density at radius 1 is 1.36 bits per heavy atom. The third-order valence-corrected chi connectivity index (χ3v) is 4.07. The van der Waals surface area contributed by atoms with E-state index in [1.807, 2.05) is 20.8 Å². The van der Waals surface area contributed by atoms with E-state index in [1.54, 1.807) is 13.1 Å². The maximum atomic E-state index is 13.1. The minimum Gasteiger partial charge on any atom is -0.336 e. The molecule has 0 saturated heterocycles. The number of rotatable bonds is 6. The zero-order chi connectivity index (χ0) is 18.6. The number of H-pyrrole nitrogens is 1. The zero-order valence-electron chi connectivity index (χ0n) is 14.9. The number of anilines is 1. The lowest BCUT2D eigenvalue weighted by Crippen LogP contribution is -2.35. The highest BCUT2D eigenvalue weighted by atomic mass is 19.1. The molecule has 1 heterocycles. The predicted molar refractivity (Wildman–Crippen MR) is 93.8 cm³/mol. The molecule has 0 radical (unpaired) electrons. The lowest BCUT2D eigenvalue weighted by molar-refractivity contribution is -0.133. The number of hydrogen-bond donors (Lipinski definition) is 2. The maximum Gasteiger partial charge on any atom is 0.243 e. The van der Waals surface area contributed by atoms with E-state index in [-0.39, 0.29) is 30.7 Å². The number of nitrogens with one attached hydrogen (secondary N) is 2. The molecule has 1 aromatic heterocycles. The molecule has 2 N–H and O–H groups in total. The van der Waals surface area contributed by atoms with E-state index in [0.717, 1.165) is 17.0 Å². The fraction of sp³-hybridized carbons (Fsp3) is 0.389. The highest BCUT2D eigenvalue weighted by molar-refractivity contribution is 5.94.